The molecule has 2 aromatic rings. The number of fused-ring (bicyclic) bond motifs is 1. The molecule has 1 fully saturated rings. The number of aromatic nitrogens is 2. The van der Waals surface area contributed by atoms with E-state index in [-0.39, 0.29) is 6.03 Å². The fraction of sp³-hybridized carbons (Fsp3) is 0.455. The predicted molar refractivity (Wildman–Crippen MR) is 118 cm³/mol. The minimum absolute atomic E-state index is 0.327. The SMILES string of the molecule is COC(OC)c1ccc2c(n1)N(C(=O)Nc1cc(N3CCOCC3)c(C#N)cn1)CCC2. The number of pyridine rings is 2. The topological polar surface area (TPSA) is 113 Å². The Kier molecular flexibility index (Phi) is 6.80. The van der Waals surface area contributed by atoms with Crippen LogP contribution in [-0.2, 0) is 20.6 Å². The van der Waals surface area contributed by atoms with Crippen LogP contribution in [0, 0.1) is 11.3 Å². The first-order valence-electron chi connectivity index (χ1n) is 10.5. The number of ether oxygens (including phenoxy) is 3. The van der Waals surface area contributed by atoms with E-state index in [4.69, 9.17) is 14.2 Å². The molecule has 2 aromatic heterocycles. The van der Waals surface area contributed by atoms with Gasteiger partial charge in [-0.05, 0) is 24.5 Å². The maximum atomic E-state index is 13.2. The maximum absolute atomic E-state index is 13.2. The van der Waals surface area contributed by atoms with Crippen LogP contribution < -0.4 is 15.1 Å². The number of nitrogens with zero attached hydrogens (tertiary/aromatic N) is 5. The summed E-state index contributed by atoms with van der Waals surface area (Å²) in [5, 5.41) is 12.3. The largest absolute Gasteiger partial charge is 0.378 e. The average molecular weight is 438 g/mol. The first-order chi connectivity index (χ1) is 15.6. The van der Waals surface area contributed by atoms with Gasteiger partial charge in [0.1, 0.15) is 17.7 Å². The van der Waals surface area contributed by atoms with Gasteiger partial charge in [0.2, 0.25) is 6.29 Å². The average Bonchev–Trinajstić information content (AvgIpc) is 2.85. The summed E-state index contributed by atoms with van der Waals surface area (Å²) in [7, 11) is 3.09. The summed E-state index contributed by atoms with van der Waals surface area (Å²) >= 11 is 0. The zero-order valence-electron chi connectivity index (χ0n) is 18.2. The number of morpholine rings is 1. The van der Waals surface area contributed by atoms with E-state index in [2.05, 4.69) is 26.3 Å². The fourth-order valence-corrected chi connectivity index (χ4v) is 3.96. The number of anilines is 3. The number of carbonyl (C=O) groups excluding carboxylic acids is 1. The molecule has 0 unspecified atom stereocenters. The minimum Gasteiger partial charge on any atom is -0.378 e. The summed E-state index contributed by atoms with van der Waals surface area (Å²) in [6, 6.07) is 7.40. The van der Waals surface area contributed by atoms with Crippen LogP contribution in [0.2, 0.25) is 0 Å². The van der Waals surface area contributed by atoms with E-state index < -0.39 is 6.29 Å². The highest BCUT2D eigenvalue weighted by Crippen LogP contribution is 2.29. The number of nitriles is 1. The third kappa shape index (κ3) is 4.50. The normalized spacial score (nSPS) is 15.9. The Morgan fingerprint density at radius 1 is 1.25 bits per heavy atom. The second-order valence-electron chi connectivity index (χ2n) is 7.51. The molecule has 10 heteroatoms. The van der Waals surface area contributed by atoms with Crippen molar-refractivity contribution in [3.63, 3.8) is 0 Å². The zero-order valence-corrected chi connectivity index (χ0v) is 18.2. The number of hydrogen-bond donors (Lipinski definition) is 1. The molecule has 0 aromatic carbocycles. The smallest absolute Gasteiger partial charge is 0.328 e. The Morgan fingerprint density at radius 2 is 2.03 bits per heavy atom. The molecule has 0 bridgehead atoms. The minimum atomic E-state index is -0.608. The molecule has 0 atom stereocenters. The third-order valence-electron chi connectivity index (χ3n) is 5.57. The lowest BCUT2D eigenvalue weighted by molar-refractivity contribution is -0.108. The Hall–Kier alpha value is -3.26. The molecule has 1 N–H and O–H groups in total. The van der Waals surface area contributed by atoms with Gasteiger partial charge in [-0.15, -0.1) is 0 Å². The molecular weight excluding hydrogens is 412 g/mol. The molecule has 32 heavy (non-hydrogen) atoms. The lowest BCUT2D eigenvalue weighted by Crippen LogP contribution is -2.40. The fourth-order valence-electron chi connectivity index (χ4n) is 3.96. The standard InChI is InChI=1S/C22H26N6O4/c1-30-21(31-2)17-6-5-15-4-3-7-28(20(15)25-17)22(29)26-19-12-18(16(13-23)14-24-19)27-8-10-32-11-9-27/h5-6,12,14,21H,3-4,7-11H2,1-2H3,(H,24,26,29). The lowest BCUT2D eigenvalue weighted by atomic mass is 10.1. The van der Waals surface area contributed by atoms with Gasteiger partial charge in [0.15, 0.2) is 0 Å². The van der Waals surface area contributed by atoms with Crippen LogP contribution in [0.25, 0.3) is 0 Å². The van der Waals surface area contributed by atoms with Crippen molar-refractivity contribution in [1.82, 2.24) is 9.97 Å². The summed E-state index contributed by atoms with van der Waals surface area (Å²) in [4.78, 5) is 25.8. The summed E-state index contributed by atoms with van der Waals surface area (Å²) in [6.07, 6.45) is 2.55. The number of methoxy groups -OCH3 is 2. The summed E-state index contributed by atoms with van der Waals surface area (Å²) in [6.45, 7) is 3.08. The van der Waals surface area contributed by atoms with E-state index >= 15 is 0 Å². The van der Waals surface area contributed by atoms with E-state index in [1.165, 1.54) is 6.20 Å². The lowest BCUT2D eigenvalue weighted by Gasteiger charge is -2.30. The maximum Gasteiger partial charge on any atom is 0.328 e. The molecule has 0 aliphatic carbocycles. The number of rotatable bonds is 5. The molecule has 0 spiro atoms. The van der Waals surface area contributed by atoms with E-state index in [1.807, 2.05) is 12.1 Å². The highest BCUT2D eigenvalue weighted by atomic mass is 16.7. The van der Waals surface area contributed by atoms with Crippen molar-refractivity contribution < 1.29 is 19.0 Å². The number of nitrogens with one attached hydrogen (secondary N) is 1. The van der Waals surface area contributed by atoms with Crippen LogP contribution in [0.1, 0.15) is 29.5 Å². The van der Waals surface area contributed by atoms with Crippen molar-refractivity contribution in [3.8, 4) is 6.07 Å². The number of aryl methyl sites for hydroxylation is 1. The van der Waals surface area contributed by atoms with Crippen molar-refractivity contribution in [2.45, 2.75) is 19.1 Å². The summed E-state index contributed by atoms with van der Waals surface area (Å²) in [5.74, 6) is 0.970. The van der Waals surface area contributed by atoms with Gasteiger partial charge in [-0.2, -0.15) is 5.26 Å². The summed E-state index contributed by atoms with van der Waals surface area (Å²) in [5.41, 5.74) is 2.79. The van der Waals surface area contributed by atoms with Gasteiger partial charge >= 0.3 is 6.03 Å². The molecule has 0 saturated carbocycles. The number of amides is 2. The van der Waals surface area contributed by atoms with Crippen molar-refractivity contribution >= 4 is 23.4 Å². The van der Waals surface area contributed by atoms with Gasteiger partial charge in [0.25, 0.3) is 0 Å². The highest BCUT2D eigenvalue weighted by Gasteiger charge is 2.26. The first-order valence-corrected chi connectivity index (χ1v) is 10.5. The quantitative estimate of drug-likeness (QED) is 0.709. The van der Waals surface area contributed by atoms with Crippen LogP contribution in [0.4, 0.5) is 22.1 Å². The Labute approximate surface area is 186 Å². The Morgan fingerprint density at radius 3 is 2.75 bits per heavy atom. The van der Waals surface area contributed by atoms with Crippen molar-refractivity contribution in [2.24, 2.45) is 0 Å². The van der Waals surface area contributed by atoms with Gasteiger partial charge in [-0.3, -0.25) is 10.2 Å². The molecule has 2 aliphatic rings. The van der Waals surface area contributed by atoms with E-state index in [0.29, 0.717) is 55.7 Å². The van der Waals surface area contributed by atoms with Crippen LogP contribution in [0.5, 0.6) is 0 Å². The third-order valence-corrected chi connectivity index (χ3v) is 5.57. The van der Waals surface area contributed by atoms with Crippen molar-refractivity contribution in [2.75, 3.05) is 62.2 Å². The second-order valence-corrected chi connectivity index (χ2v) is 7.51. The molecule has 168 valence electrons. The number of hydrogen-bond acceptors (Lipinski definition) is 8. The molecule has 4 heterocycles. The van der Waals surface area contributed by atoms with Crippen molar-refractivity contribution in [3.05, 3.63) is 41.2 Å². The van der Waals surface area contributed by atoms with Gasteiger partial charge < -0.3 is 19.1 Å². The van der Waals surface area contributed by atoms with Gasteiger partial charge in [-0.1, -0.05) is 6.07 Å². The molecule has 4 rings (SSSR count). The molecular formula is C22H26N6O4. The van der Waals surface area contributed by atoms with Gasteiger partial charge in [-0.25, -0.2) is 14.8 Å². The Balaban J connectivity index is 1.57. The molecule has 0 radical (unpaired) electrons. The zero-order chi connectivity index (χ0) is 22.5. The molecule has 2 aliphatic heterocycles. The predicted octanol–water partition coefficient (Wildman–Crippen LogP) is 2.46. The van der Waals surface area contributed by atoms with Gasteiger partial charge in [0, 0.05) is 46.1 Å². The van der Waals surface area contributed by atoms with Crippen LogP contribution in [0.3, 0.4) is 0 Å². The Bertz CT molecular complexity index is 1010. The molecule has 2 amide bonds. The number of carbonyl (C=O) groups is 1. The van der Waals surface area contributed by atoms with E-state index in [1.54, 1.807) is 25.2 Å². The van der Waals surface area contributed by atoms with Crippen molar-refractivity contribution in [1.29, 1.82) is 5.26 Å². The van der Waals surface area contributed by atoms with Gasteiger partial charge in [0.05, 0.1) is 30.2 Å². The second kappa shape index (κ2) is 9.91. The molecule has 1 saturated heterocycles. The first kappa shape index (κ1) is 22.0. The van der Waals surface area contributed by atoms with Crippen LogP contribution in [-0.4, -0.2) is 63.1 Å². The number of urea groups is 1. The van der Waals surface area contributed by atoms with E-state index in [9.17, 15) is 10.1 Å². The monoisotopic (exact) mass is 438 g/mol. The molecule has 10 nitrogen and oxygen atoms in total. The van der Waals surface area contributed by atoms with Crippen LogP contribution in [0.15, 0.2) is 24.4 Å². The highest BCUT2D eigenvalue weighted by molar-refractivity contribution is 6.01. The summed E-state index contributed by atoms with van der Waals surface area (Å²) < 4.78 is 16.0. The van der Waals surface area contributed by atoms with Crippen LogP contribution >= 0.6 is 0 Å². The van der Waals surface area contributed by atoms with E-state index in [0.717, 1.165) is 24.1 Å².